The summed E-state index contributed by atoms with van der Waals surface area (Å²) in [6.45, 7) is 5.21. The molecule has 0 bridgehead atoms. The van der Waals surface area contributed by atoms with E-state index in [4.69, 9.17) is 45.5 Å². The number of hydrogen-bond donors (Lipinski definition) is 2. The van der Waals surface area contributed by atoms with Gasteiger partial charge in [-0.25, -0.2) is 0 Å². The van der Waals surface area contributed by atoms with Gasteiger partial charge >= 0.3 is 0 Å². The number of thiocarbonyl (C=S) groups is 3. The van der Waals surface area contributed by atoms with E-state index in [-0.39, 0.29) is 5.91 Å². The molecule has 2 aliphatic rings. The topological polar surface area (TPSA) is 73.9 Å². The van der Waals surface area contributed by atoms with E-state index in [2.05, 4.69) is 10.6 Å². The molecule has 7 nitrogen and oxygen atoms in total. The predicted octanol–water partition coefficient (Wildman–Crippen LogP) is 6.85. The van der Waals surface area contributed by atoms with Crippen LogP contribution >= 0.6 is 36.7 Å². The molecular weight excluding hydrogens is 585 g/mol. The average molecular weight is 613 g/mol. The molecule has 212 valence electrons. The number of hydrogen-bond acceptors (Lipinski definition) is 6. The Morgan fingerprint density at radius 2 is 1.10 bits per heavy atom. The summed E-state index contributed by atoms with van der Waals surface area (Å²) in [5.41, 5.74) is 3.30. The van der Waals surface area contributed by atoms with Crippen LogP contribution in [0.15, 0.2) is 105 Å². The zero-order valence-corrected chi connectivity index (χ0v) is 25.4. The molecule has 2 N–H and O–H groups in total. The summed E-state index contributed by atoms with van der Waals surface area (Å²) >= 11 is 15.8. The third kappa shape index (κ3) is 6.41. The smallest absolute Gasteiger partial charge is 0.276 e. The van der Waals surface area contributed by atoms with E-state index in [9.17, 15) is 4.79 Å². The molecule has 0 radical (unpaired) electrons. The summed E-state index contributed by atoms with van der Waals surface area (Å²) < 4.78 is 11.6. The molecule has 0 unspecified atom stereocenters. The number of benzene rings is 2. The Kier molecular flexibility index (Phi) is 9.06. The fraction of sp³-hybridized carbons (Fsp3) is 0.125. The highest BCUT2D eigenvalue weighted by Gasteiger charge is 2.29. The van der Waals surface area contributed by atoms with E-state index in [1.807, 2.05) is 110 Å². The lowest BCUT2D eigenvalue weighted by atomic mass is 10.2. The summed E-state index contributed by atoms with van der Waals surface area (Å²) in [6.07, 6.45) is 3.56. The number of likely N-dealkylation sites (N-methyl/N-ethyl adjacent to an activating group) is 2. The van der Waals surface area contributed by atoms with Gasteiger partial charge in [-0.05, 0) is 62.5 Å². The highest BCUT2D eigenvalue weighted by molar-refractivity contribution is 7.82. The first-order valence-electron chi connectivity index (χ1n) is 13.4. The first kappa shape index (κ1) is 29.1. The second-order valence-electron chi connectivity index (χ2n) is 9.21. The summed E-state index contributed by atoms with van der Waals surface area (Å²) in [6, 6.07) is 27.4. The molecule has 6 rings (SSSR count). The highest BCUT2D eigenvalue weighted by Crippen LogP contribution is 2.25. The van der Waals surface area contributed by atoms with Crippen LogP contribution in [0.4, 0.5) is 0 Å². The molecule has 4 aromatic rings. The van der Waals surface area contributed by atoms with Gasteiger partial charge in [0.15, 0.2) is 10.2 Å². The lowest BCUT2D eigenvalue weighted by molar-refractivity contribution is -0.122. The van der Waals surface area contributed by atoms with E-state index in [1.54, 1.807) is 6.08 Å². The number of nitrogens with zero attached hydrogens (tertiary/aromatic N) is 2. The second kappa shape index (κ2) is 13.1. The monoisotopic (exact) mass is 612 g/mol. The van der Waals surface area contributed by atoms with Crippen LogP contribution < -0.4 is 10.6 Å². The van der Waals surface area contributed by atoms with Gasteiger partial charge in [0.25, 0.3) is 5.91 Å². The lowest BCUT2D eigenvalue weighted by Crippen LogP contribution is -2.30. The summed E-state index contributed by atoms with van der Waals surface area (Å²) in [7, 11) is 0. The van der Waals surface area contributed by atoms with Crippen molar-refractivity contribution in [3.8, 4) is 22.6 Å². The van der Waals surface area contributed by atoms with Crippen LogP contribution in [0.1, 0.15) is 25.4 Å². The van der Waals surface area contributed by atoms with E-state index >= 15 is 0 Å². The van der Waals surface area contributed by atoms with Crippen LogP contribution in [0.5, 0.6) is 0 Å². The Bertz CT molecular complexity index is 1560. The molecule has 1 amide bonds. The SMILES string of the molecule is CCN1C(=O)/C(=C/c2ccc(-c3ccccc3)o2)NC1=S.CCN1C(=S)N/C(=C\c2ccc(-c3ccccc3)o2)C1=S. The van der Waals surface area contributed by atoms with Crippen molar-refractivity contribution in [1.29, 1.82) is 0 Å². The molecule has 2 fully saturated rings. The van der Waals surface area contributed by atoms with Crippen LogP contribution in [0.25, 0.3) is 34.8 Å². The van der Waals surface area contributed by atoms with Crippen LogP contribution in [-0.2, 0) is 4.79 Å². The maximum atomic E-state index is 12.1. The Hall–Kier alpha value is -4.38. The number of furan rings is 2. The van der Waals surface area contributed by atoms with Crippen molar-refractivity contribution in [2.24, 2.45) is 0 Å². The Morgan fingerprint density at radius 3 is 1.55 bits per heavy atom. The molecule has 0 saturated carbocycles. The van der Waals surface area contributed by atoms with Gasteiger partial charge in [-0.3, -0.25) is 9.69 Å². The zero-order valence-electron chi connectivity index (χ0n) is 23.0. The van der Waals surface area contributed by atoms with E-state index in [1.165, 1.54) is 4.90 Å². The standard InChI is InChI=1S/C16H14N2O2S.C16H14N2OS2/c1-2-18-15(19)13(17-16(18)21)10-12-8-9-14(20-12)11-6-4-3-5-7-11;1-2-18-15(20)13(17-16(18)21)10-12-8-9-14(19-12)11-6-4-3-5-7-11/h2*3-10H,2H2,1H3,(H,17,21)/b2*13-10-. The number of carbonyl (C=O) groups excluding carboxylic acids is 1. The maximum Gasteiger partial charge on any atom is 0.276 e. The second-order valence-corrected chi connectivity index (χ2v) is 10.4. The van der Waals surface area contributed by atoms with Gasteiger partial charge in [0, 0.05) is 36.4 Å². The van der Waals surface area contributed by atoms with Crippen molar-refractivity contribution in [2.45, 2.75) is 13.8 Å². The molecule has 2 aliphatic heterocycles. The Balaban J connectivity index is 0.000000168. The van der Waals surface area contributed by atoms with E-state index < -0.39 is 0 Å². The van der Waals surface area contributed by atoms with Crippen molar-refractivity contribution in [3.63, 3.8) is 0 Å². The van der Waals surface area contributed by atoms with E-state index in [0.717, 1.165) is 40.6 Å². The minimum absolute atomic E-state index is 0.125. The van der Waals surface area contributed by atoms with Gasteiger partial charge < -0.3 is 24.4 Å². The third-order valence-corrected chi connectivity index (χ3v) is 7.59. The summed E-state index contributed by atoms with van der Waals surface area (Å²) in [4.78, 5) is 16.2. The van der Waals surface area contributed by atoms with Crippen LogP contribution in [-0.4, -0.2) is 44.0 Å². The molecular formula is C32H28N4O3S3. The fourth-order valence-corrected chi connectivity index (χ4v) is 5.42. The minimum Gasteiger partial charge on any atom is -0.457 e. The third-order valence-electron chi connectivity index (χ3n) is 6.50. The fourth-order valence-electron chi connectivity index (χ4n) is 4.38. The molecule has 0 atom stereocenters. The number of amides is 1. The molecule has 42 heavy (non-hydrogen) atoms. The minimum atomic E-state index is -0.125. The average Bonchev–Trinajstić information content (AvgIpc) is 3.78. The van der Waals surface area contributed by atoms with Crippen LogP contribution in [0.3, 0.4) is 0 Å². The van der Waals surface area contributed by atoms with Gasteiger partial charge in [-0.15, -0.1) is 0 Å². The molecule has 0 aliphatic carbocycles. The number of nitrogens with one attached hydrogen (secondary N) is 2. The predicted molar refractivity (Wildman–Crippen MR) is 178 cm³/mol. The molecule has 2 saturated heterocycles. The Morgan fingerprint density at radius 1 is 0.643 bits per heavy atom. The van der Waals surface area contributed by atoms with Gasteiger partial charge in [0.05, 0.1) is 5.70 Å². The van der Waals surface area contributed by atoms with E-state index in [0.29, 0.717) is 33.2 Å². The van der Waals surface area contributed by atoms with Gasteiger partial charge in [-0.1, -0.05) is 72.9 Å². The first-order valence-corrected chi connectivity index (χ1v) is 14.6. The van der Waals surface area contributed by atoms with Crippen molar-refractivity contribution >= 4 is 69.9 Å². The normalized spacial score (nSPS) is 16.6. The van der Waals surface area contributed by atoms with Crippen molar-refractivity contribution in [1.82, 2.24) is 20.4 Å². The molecule has 10 heteroatoms. The Labute approximate surface area is 260 Å². The highest BCUT2D eigenvalue weighted by atomic mass is 32.1. The molecule has 2 aromatic carbocycles. The van der Waals surface area contributed by atoms with Crippen LogP contribution in [0, 0.1) is 0 Å². The largest absolute Gasteiger partial charge is 0.457 e. The van der Waals surface area contributed by atoms with Crippen molar-refractivity contribution in [2.75, 3.05) is 13.1 Å². The van der Waals surface area contributed by atoms with Crippen LogP contribution in [0.2, 0.25) is 0 Å². The first-order chi connectivity index (χ1) is 20.4. The molecule has 4 heterocycles. The van der Waals surface area contributed by atoms with Gasteiger partial charge in [-0.2, -0.15) is 0 Å². The van der Waals surface area contributed by atoms with Gasteiger partial charge in [0.1, 0.15) is 33.7 Å². The molecule has 2 aromatic heterocycles. The molecule has 0 spiro atoms. The van der Waals surface area contributed by atoms with Crippen molar-refractivity contribution in [3.05, 3.63) is 108 Å². The van der Waals surface area contributed by atoms with Crippen molar-refractivity contribution < 1.29 is 13.6 Å². The quantitative estimate of drug-likeness (QED) is 0.180. The van der Waals surface area contributed by atoms with Gasteiger partial charge in [0.2, 0.25) is 0 Å². The summed E-state index contributed by atoms with van der Waals surface area (Å²) in [5.74, 6) is 2.84. The summed E-state index contributed by atoms with van der Waals surface area (Å²) in [5, 5.41) is 7.11. The zero-order chi connectivity index (χ0) is 29.6. The maximum absolute atomic E-state index is 12.1. The lowest BCUT2D eigenvalue weighted by Gasteiger charge is -2.11. The number of rotatable bonds is 6. The number of carbonyl (C=O) groups is 1.